The van der Waals surface area contributed by atoms with Gasteiger partial charge in [-0.15, -0.1) is 0 Å². The van der Waals surface area contributed by atoms with Crippen molar-refractivity contribution in [2.24, 2.45) is 5.92 Å². The van der Waals surface area contributed by atoms with Gasteiger partial charge in [-0.1, -0.05) is 0 Å². The molecule has 0 aromatic heterocycles. The lowest BCUT2D eigenvalue weighted by molar-refractivity contribution is -0.325. The number of hydrogen-bond acceptors (Lipinski definition) is 3. The van der Waals surface area contributed by atoms with Crippen LogP contribution in [0.4, 0.5) is 0 Å². The van der Waals surface area contributed by atoms with E-state index in [0.29, 0.717) is 12.8 Å². The molecule has 2 atom stereocenters. The van der Waals surface area contributed by atoms with Crippen molar-refractivity contribution >= 4 is 5.97 Å². The second-order valence-electron chi connectivity index (χ2n) is 3.19. The third-order valence-electron chi connectivity index (χ3n) is 2.41. The van der Waals surface area contributed by atoms with Crippen LogP contribution in [0.2, 0.25) is 0 Å². The largest absolute Gasteiger partial charge is 0.481 e. The fourth-order valence-electron chi connectivity index (χ4n) is 1.63. The van der Waals surface area contributed by atoms with E-state index < -0.39 is 17.5 Å². The highest BCUT2D eigenvalue weighted by molar-refractivity contribution is 5.71. The van der Waals surface area contributed by atoms with Crippen LogP contribution in [-0.4, -0.2) is 21.9 Å². The Hall–Kier alpha value is -0.610. The third kappa shape index (κ3) is 1.36. The second kappa shape index (κ2) is 2.79. The van der Waals surface area contributed by atoms with Crippen LogP contribution in [0.3, 0.4) is 0 Å². The second-order valence-corrected chi connectivity index (χ2v) is 3.19. The summed E-state index contributed by atoms with van der Waals surface area (Å²) in [6.45, 7) is 1.62. The van der Waals surface area contributed by atoms with E-state index in [9.17, 15) is 4.79 Å². The van der Waals surface area contributed by atoms with Crippen molar-refractivity contribution in [3.8, 4) is 0 Å². The summed E-state index contributed by atoms with van der Waals surface area (Å²) in [5.41, 5.74) is -0.869. The molecule has 0 aliphatic heterocycles. The van der Waals surface area contributed by atoms with Crippen molar-refractivity contribution < 1.29 is 20.0 Å². The summed E-state index contributed by atoms with van der Waals surface area (Å²) in [5.74, 6) is -1.45. The molecule has 0 spiro atoms. The van der Waals surface area contributed by atoms with Gasteiger partial charge in [0.2, 0.25) is 0 Å². The molecule has 4 heteroatoms. The Balaban J connectivity index is 2.72. The first kappa shape index (κ1) is 8.49. The predicted octanol–water partition coefficient (Wildman–Crippen LogP) is 1.12. The summed E-state index contributed by atoms with van der Waals surface area (Å²) >= 11 is 0. The average Bonchev–Trinajstić information content (AvgIpc) is 2.32. The van der Waals surface area contributed by atoms with Crippen LogP contribution in [0.5, 0.6) is 0 Å². The van der Waals surface area contributed by atoms with E-state index >= 15 is 0 Å². The minimum atomic E-state index is -0.890. The molecule has 64 valence electrons. The first-order chi connectivity index (χ1) is 5.10. The van der Waals surface area contributed by atoms with E-state index in [2.05, 4.69) is 4.89 Å². The Morgan fingerprint density at radius 3 is 2.73 bits per heavy atom. The van der Waals surface area contributed by atoms with Gasteiger partial charge in [-0.3, -0.25) is 10.1 Å². The zero-order valence-corrected chi connectivity index (χ0v) is 6.41. The van der Waals surface area contributed by atoms with Crippen LogP contribution >= 0.6 is 0 Å². The van der Waals surface area contributed by atoms with E-state index in [4.69, 9.17) is 10.4 Å². The number of aliphatic carboxylic acids is 1. The molecule has 1 aliphatic carbocycles. The Kier molecular flexibility index (Phi) is 2.15. The van der Waals surface area contributed by atoms with Crippen molar-refractivity contribution in [3.63, 3.8) is 0 Å². The maximum Gasteiger partial charge on any atom is 0.309 e. The van der Waals surface area contributed by atoms with Crippen molar-refractivity contribution in [2.75, 3.05) is 0 Å². The van der Waals surface area contributed by atoms with Crippen LogP contribution in [0.1, 0.15) is 26.2 Å². The van der Waals surface area contributed by atoms with Crippen LogP contribution in [-0.2, 0) is 9.68 Å². The summed E-state index contributed by atoms with van der Waals surface area (Å²) in [6.07, 6.45) is 2.00. The SMILES string of the molecule is CC1(OO)CCCC1C(=O)O. The van der Waals surface area contributed by atoms with E-state index in [-0.39, 0.29) is 0 Å². The fourth-order valence-corrected chi connectivity index (χ4v) is 1.63. The summed E-state index contributed by atoms with van der Waals surface area (Å²) in [7, 11) is 0. The summed E-state index contributed by atoms with van der Waals surface area (Å²) in [5, 5.41) is 17.2. The Bertz CT molecular complexity index is 168. The van der Waals surface area contributed by atoms with Crippen molar-refractivity contribution in [1.82, 2.24) is 0 Å². The molecule has 0 aromatic rings. The molecule has 1 aliphatic rings. The van der Waals surface area contributed by atoms with Gasteiger partial charge in [0.05, 0.1) is 5.92 Å². The van der Waals surface area contributed by atoms with Crippen LogP contribution in [0.15, 0.2) is 0 Å². The number of carboxylic acid groups (broad SMARTS) is 1. The molecular weight excluding hydrogens is 148 g/mol. The molecular formula is C7H12O4. The van der Waals surface area contributed by atoms with Gasteiger partial charge in [0.1, 0.15) is 5.60 Å². The van der Waals surface area contributed by atoms with E-state index in [1.54, 1.807) is 6.92 Å². The third-order valence-corrected chi connectivity index (χ3v) is 2.41. The van der Waals surface area contributed by atoms with Gasteiger partial charge in [0, 0.05) is 0 Å². The number of carboxylic acids is 1. The highest BCUT2D eigenvalue weighted by Gasteiger charge is 2.45. The monoisotopic (exact) mass is 160 g/mol. The van der Waals surface area contributed by atoms with Crippen LogP contribution in [0, 0.1) is 5.92 Å². The van der Waals surface area contributed by atoms with E-state index in [1.165, 1.54) is 0 Å². The minimum Gasteiger partial charge on any atom is -0.481 e. The maximum absolute atomic E-state index is 10.6. The quantitative estimate of drug-likeness (QED) is 0.469. The molecule has 0 bridgehead atoms. The smallest absolute Gasteiger partial charge is 0.309 e. The van der Waals surface area contributed by atoms with E-state index in [0.717, 1.165) is 6.42 Å². The van der Waals surface area contributed by atoms with E-state index in [1.807, 2.05) is 0 Å². The molecule has 11 heavy (non-hydrogen) atoms. The lowest BCUT2D eigenvalue weighted by atomic mass is 9.93. The number of carbonyl (C=O) groups is 1. The van der Waals surface area contributed by atoms with Crippen LogP contribution in [0.25, 0.3) is 0 Å². The lowest BCUT2D eigenvalue weighted by Crippen LogP contribution is -2.36. The van der Waals surface area contributed by atoms with Gasteiger partial charge in [0.15, 0.2) is 0 Å². The van der Waals surface area contributed by atoms with Crippen LogP contribution < -0.4 is 0 Å². The van der Waals surface area contributed by atoms with Crippen molar-refractivity contribution in [3.05, 3.63) is 0 Å². The Morgan fingerprint density at radius 2 is 2.36 bits per heavy atom. The van der Waals surface area contributed by atoms with Gasteiger partial charge in [0.25, 0.3) is 0 Å². The average molecular weight is 160 g/mol. The first-order valence-corrected chi connectivity index (χ1v) is 3.65. The summed E-state index contributed by atoms with van der Waals surface area (Å²) in [6, 6.07) is 0. The highest BCUT2D eigenvalue weighted by atomic mass is 17.1. The zero-order valence-electron chi connectivity index (χ0n) is 6.41. The van der Waals surface area contributed by atoms with Crippen molar-refractivity contribution in [1.29, 1.82) is 0 Å². The molecule has 1 rings (SSSR count). The summed E-state index contributed by atoms with van der Waals surface area (Å²) < 4.78 is 0. The molecule has 2 unspecified atom stereocenters. The lowest BCUT2D eigenvalue weighted by Gasteiger charge is -2.24. The predicted molar refractivity (Wildman–Crippen MR) is 37.1 cm³/mol. The molecule has 0 aromatic carbocycles. The topological polar surface area (TPSA) is 66.8 Å². The Labute approximate surface area is 64.7 Å². The molecule has 4 nitrogen and oxygen atoms in total. The van der Waals surface area contributed by atoms with Gasteiger partial charge >= 0.3 is 5.97 Å². The zero-order chi connectivity index (χ0) is 8.48. The maximum atomic E-state index is 10.6. The minimum absolute atomic E-state index is 0.563. The highest BCUT2D eigenvalue weighted by Crippen LogP contribution is 2.37. The number of rotatable bonds is 2. The Morgan fingerprint density at radius 1 is 1.73 bits per heavy atom. The van der Waals surface area contributed by atoms with Gasteiger partial charge < -0.3 is 5.11 Å². The summed E-state index contributed by atoms with van der Waals surface area (Å²) in [4.78, 5) is 14.8. The molecule has 0 radical (unpaired) electrons. The molecule has 0 saturated heterocycles. The molecule has 1 fully saturated rings. The molecule has 2 N–H and O–H groups in total. The van der Waals surface area contributed by atoms with Gasteiger partial charge in [-0.2, -0.15) is 0 Å². The standard InChI is InChI=1S/C7H12O4/c1-7(11-10)4-2-3-5(7)6(8)9/h5,10H,2-4H2,1H3,(H,8,9). The van der Waals surface area contributed by atoms with Gasteiger partial charge in [-0.05, 0) is 26.2 Å². The fraction of sp³-hybridized carbons (Fsp3) is 0.857. The number of hydrogen-bond donors (Lipinski definition) is 2. The molecule has 0 amide bonds. The van der Waals surface area contributed by atoms with Gasteiger partial charge in [-0.25, -0.2) is 4.89 Å². The normalized spacial score (nSPS) is 37.5. The van der Waals surface area contributed by atoms with Crippen molar-refractivity contribution in [2.45, 2.75) is 31.8 Å². The first-order valence-electron chi connectivity index (χ1n) is 3.65. The molecule has 1 saturated carbocycles. The molecule has 0 heterocycles.